The lowest BCUT2D eigenvalue weighted by Gasteiger charge is -2.18. The molecule has 0 amide bonds. The summed E-state index contributed by atoms with van der Waals surface area (Å²) in [6, 6.07) is 49.3. The molecular formula is C40H24N6. The Morgan fingerprint density at radius 2 is 1.00 bits per heavy atom. The molecule has 6 heteroatoms. The number of fused-ring (bicyclic) bond motifs is 6. The number of nitrogens with zero attached hydrogens (tertiary/aromatic N) is 6. The summed E-state index contributed by atoms with van der Waals surface area (Å²) in [7, 11) is 0. The fourth-order valence-electron chi connectivity index (χ4n) is 6.59. The molecule has 4 heterocycles. The van der Waals surface area contributed by atoms with E-state index in [1.54, 1.807) is 0 Å². The van der Waals surface area contributed by atoms with Gasteiger partial charge in [-0.05, 0) is 42.5 Å². The van der Waals surface area contributed by atoms with Crippen LogP contribution in [0.5, 0.6) is 0 Å². The fourth-order valence-corrected chi connectivity index (χ4v) is 6.59. The molecule has 46 heavy (non-hydrogen) atoms. The minimum atomic E-state index is 0.609. The molecule has 5 aromatic carbocycles. The quantitative estimate of drug-likeness (QED) is 0.205. The van der Waals surface area contributed by atoms with Crippen molar-refractivity contribution in [3.63, 3.8) is 0 Å². The predicted molar refractivity (Wildman–Crippen MR) is 184 cm³/mol. The minimum Gasteiger partial charge on any atom is -0.291 e. The molecule has 0 fully saturated rings. The van der Waals surface area contributed by atoms with E-state index in [0.29, 0.717) is 17.2 Å². The standard InChI is InChI=1S/C40H24N6/c41-25-26-21-22-35-32(24-26)30-17-8-9-19-33(30)45(35)39-40(46-34-20-10-7-16-29(34)31-18-11-23-42-38(31)46)44-37(28-14-5-2-6-15-28)36(43-39)27-12-3-1-4-13-27/h1-24H. The molecule has 0 unspecified atom stereocenters. The van der Waals surface area contributed by atoms with E-state index in [0.717, 1.165) is 66.3 Å². The summed E-state index contributed by atoms with van der Waals surface area (Å²) in [6.07, 6.45) is 1.82. The molecule has 0 N–H and O–H groups in total. The van der Waals surface area contributed by atoms with Gasteiger partial charge in [-0.1, -0.05) is 97.1 Å². The first-order valence-corrected chi connectivity index (χ1v) is 15.1. The zero-order valence-corrected chi connectivity index (χ0v) is 24.5. The van der Waals surface area contributed by atoms with Gasteiger partial charge >= 0.3 is 0 Å². The summed E-state index contributed by atoms with van der Waals surface area (Å²) in [6.45, 7) is 0. The lowest BCUT2D eigenvalue weighted by Crippen LogP contribution is -2.11. The van der Waals surface area contributed by atoms with Gasteiger partial charge < -0.3 is 0 Å². The molecule has 0 aliphatic heterocycles. The van der Waals surface area contributed by atoms with Gasteiger partial charge in [0.25, 0.3) is 0 Å². The highest BCUT2D eigenvalue weighted by Gasteiger charge is 2.25. The van der Waals surface area contributed by atoms with Gasteiger partial charge in [-0.3, -0.25) is 9.13 Å². The van der Waals surface area contributed by atoms with E-state index in [4.69, 9.17) is 15.0 Å². The largest absolute Gasteiger partial charge is 0.291 e. The zero-order valence-electron chi connectivity index (χ0n) is 24.5. The van der Waals surface area contributed by atoms with Gasteiger partial charge in [-0.2, -0.15) is 5.26 Å². The Balaban J connectivity index is 1.50. The summed E-state index contributed by atoms with van der Waals surface area (Å²) in [4.78, 5) is 16.0. The van der Waals surface area contributed by atoms with Crippen LogP contribution in [0.15, 0.2) is 146 Å². The van der Waals surface area contributed by atoms with Gasteiger partial charge in [-0.25, -0.2) is 15.0 Å². The van der Waals surface area contributed by atoms with E-state index in [9.17, 15) is 5.26 Å². The number of pyridine rings is 1. The van der Waals surface area contributed by atoms with Crippen molar-refractivity contribution in [2.45, 2.75) is 0 Å². The van der Waals surface area contributed by atoms with Crippen LogP contribution in [0.1, 0.15) is 5.56 Å². The molecule has 0 spiro atoms. The maximum atomic E-state index is 9.78. The molecule has 0 aliphatic rings. The highest BCUT2D eigenvalue weighted by atomic mass is 15.2. The second kappa shape index (κ2) is 10.3. The van der Waals surface area contributed by atoms with Crippen molar-refractivity contribution in [1.82, 2.24) is 24.1 Å². The third-order valence-electron chi connectivity index (χ3n) is 8.61. The van der Waals surface area contributed by atoms with E-state index < -0.39 is 0 Å². The Morgan fingerprint density at radius 1 is 0.478 bits per heavy atom. The van der Waals surface area contributed by atoms with E-state index >= 15 is 0 Å². The Hall–Kier alpha value is -6.58. The molecule has 0 saturated heterocycles. The summed E-state index contributed by atoms with van der Waals surface area (Å²) < 4.78 is 4.32. The highest BCUT2D eigenvalue weighted by Crippen LogP contribution is 2.39. The van der Waals surface area contributed by atoms with E-state index in [1.165, 1.54) is 0 Å². The van der Waals surface area contributed by atoms with E-state index in [-0.39, 0.29) is 0 Å². The van der Waals surface area contributed by atoms with Gasteiger partial charge in [0.2, 0.25) is 0 Å². The topological polar surface area (TPSA) is 72.3 Å². The summed E-state index contributed by atoms with van der Waals surface area (Å²) in [5.41, 5.74) is 7.81. The molecule has 0 atom stereocenters. The molecule has 9 rings (SSSR count). The Morgan fingerprint density at radius 3 is 1.65 bits per heavy atom. The minimum absolute atomic E-state index is 0.609. The lowest BCUT2D eigenvalue weighted by molar-refractivity contribution is 0.967. The van der Waals surface area contributed by atoms with Crippen LogP contribution in [-0.2, 0) is 0 Å². The summed E-state index contributed by atoms with van der Waals surface area (Å²) >= 11 is 0. The number of rotatable bonds is 4. The highest BCUT2D eigenvalue weighted by molar-refractivity contribution is 6.11. The first-order chi connectivity index (χ1) is 22.8. The van der Waals surface area contributed by atoms with Crippen molar-refractivity contribution in [1.29, 1.82) is 5.26 Å². The first kappa shape index (κ1) is 25.9. The van der Waals surface area contributed by atoms with Crippen LogP contribution >= 0.6 is 0 Å². The second-order valence-electron chi connectivity index (χ2n) is 11.2. The third-order valence-corrected chi connectivity index (χ3v) is 8.61. The summed E-state index contributed by atoms with van der Waals surface area (Å²) in [5, 5.41) is 13.9. The predicted octanol–water partition coefficient (Wildman–Crippen LogP) is 9.27. The molecule has 0 bridgehead atoms. The lowest BCUT2D eigenvalue weighted by atomic mass is 10.0. The van der Waals surface area contributed by atoms with Crippen molar-refractivity contribution in [2.75, 3.05) is 0 Å². The van der Waals surface area contributed by atoms with Crippen LogP contribution in [-0.4, -0.2) is 24.1 Å². The monoisotopic (exact) mass is 588 g/mol. The van der Waals surface area contributed by atoms with Crippen molar-refractivity contribution in [2.24, 2.45) is 0 Å². The summed E-state index contributed by atoms with van der Waals surface area (Å²) in [5.74, 6) is 1.33. The van der Waals surface area contributed by atoms with Gasteiger partial charge in [0.15, 0.2) is 11.6 Å². The average Bonchev–Trinajstić information content (AvgIpc) is 3.64. The van der Waals surface area contributed by atoms with E-state index in [1.807, 2.05) is 85.1 Å². The molecule has 6 nitrogen and oxygen atoms in total. The van der Waals surface area contributed by atoms with Crippen LogP contribution in [0.2, 0.25) is 0 Å². The Bertz CT molecular complexity index is 2590. The number of benzene rings is 5. The van der Waals surface area contributed by atoms with Gasteiger partial charge in [0, 0.05) is 38.9 Å². The SMILES string of the molecule is N#Cc1ccc2c(c1)c1ccccc1n2-c1nc(-c2ccccc2)c(-c2ccccc2)nc1-n1c2ccccc2c2cccnc21. The van der Waals surface area contributed by atoms with Crippen LogP contribution < -0.4 is 0 Å². The molecule has 214 valence electrons. The maximum absolute atomic E-state index is 9.78. The smallest absolute Gasteiger partial charge is 0.183 e. The second-order valence-corrected chi connectivity index (χ2v) is 11.2. The molecule has 0 saturated carbocycles. The van der Waals surface area contributed by atoms with E-state index in [2.05, 4.69) is 75.9 Å². The van der Waals surface area contributed by atoms with Crippen LogP contribution in [0.4, 0.5) is 0 Å². The molecule has 0 aliphatic carbocycles. The molecule has 9 aromatic rings. The number of aromatic nitrogens is 5. The fraction of sp³-hybridized carbons (Fsp3) is 0. The van der Waals surface area contributed by atoms with Crippen molar-refractivity contribution >= 4 is 43.7 Å². The van der Waals surface area contributed by atoms with Gasteiger partial charge in [-0.15, -0.1) is 0 Å². The van der Waals surface area contributed by atoms with Crippen molar-refractivity contribution in [3.05, 3.63) is 151 Å². The zero-order chi connectivity index (χ0) is 30.6. The Kier molecular flexibility index (Phi) is 5.77. The van der Waals surface area contributed by atoms with Crippen LogP contribution in [0.3, 0.4) is 0 Å². The number of nitriles is 1. The van der Waals surface area contributed by atoms with Crippen LogP contribution in [0.25, 0.3) is 77.9 Å². The number of para-hydroxylation sites is 2. The van der Waals surface area contributed by atoms with Gasteiger partial charge in [0.05, 0.1) is 39.6 Å². The third kappa shape index (κ3) is 3.86. The normalized spacial score (nSPS) is 11.5. The van der Waals surface area contributed by atoms with Crippen molar-refractivity contribution < 1.29 is 0 Å². The van der Waals surface area contributed by atoms with Crippen molar-refractivity contribution in [3.8, 4) is 40.2 Å². The van der Waals surface area contributed by atoms with Crippen LogP contribution in [0, 0.1) is 11.3 Å². The average molecular weight is 589 g/mol. The maximum Gasteiger partial charge on any atom is 0.183 e. The Labute approximate surface area is 264 Å². The van der Waals surface area contributed by atoms with Gasteiger partial charge in [0.1, 0.15) is 5.65 Å². The number of hydrogen-bond donors (Lipinski definition) is 0. The molecular weight excluding hydrogens is 564 g/mol. The first-order valence-electron chi connectivity index (χ1n) is 15.1. The number of hydrogen-bond acceptors (Lipinski definition) is 4. The molecule has 4 aromatic heterocycles. The molecule has 0 radical (unpaired) electrons.